The average molecular weight is 846 g/mol. The third-order valence-corrected chi connectivity index (χ3v) is 19.1. The van der Waals surface area contributed by atoms with Crippen molar-refractivity contribution in [3.63, 3.8) is 0 Å². The molecule has 6 aliphatic carbocycles. The monoisotopic (exact) mass is 846 g/mol. The zero-order chi connectivity index (χ0) is 41.5. The first kappa shape index (κ1) is 43.7. The molecular weight excluding hydrogens is 765 g/mol. The molecule has 0 N–H and O–H groups in total. The van der Waals surface area contributed by atoms with Gasteiger partial charge >= 0.3 is 0 Å². The minimum absolute atomic E-state index is 0.300. The van der Waals surface area contributed by atoms with Gasteiger partial charge in [0.2, 0.25) is 0 Å². The van der Waals surface area contributed by atoms with Crippen LogP contribution in [0.5, 0.6) is 17.2 Å². The summed E-state index contributed by atoms with van der Waals surface area (Å²) in [6.45, 7) is 0. The number of rotatable bonds is 12. The molecular formula is C57H81O3S+. The van der Waals surface area contributed by atoms with Crippen LogP contribution in [0.15, 0.2) is 51.1 Å². The summed E-state index contributed by atoms with van der Waals surface area (Å²) in [6.07, 6.45) is 39.8. The van der Waals surface area contributed by atoms with E-state index in [2.05, 4.69) is 36.4 Å². The van der Waals surface area contributed by atoms with Crippen molar-refractivity contribution in [3.8, 4) is 17.2 Å². The van der Waals surface area contributed by atoms with E-state index in [1.807, 2.05) is 21.3 Å². The first-order valence-electron chi connectivity index (χ1n) is 26.0. The third-order valence-electron chi connectivity index (χ3n) is 16.9. The van der Waals surface area contributed by atoms with Gasteiger partial charge in [-0.3, -0.25) is 0 Å². The molecule has 0 saturated heterocycles. The second kappa shape index (κ2) is 20.9. The number of ether oxygens (including phenoxy) is 3. The molecule has 3 aromatic rings. The molecule has 0 radical (unpaired) electrons. The molecule has 61 heavy (non-hydrogen) atoms. The number of methoxy groups -OCH3 is 3. The molecule has 0 aromatic heterocycles. The number of hydrogen-bond donors (Lipinski definition) is 0. The second-order valence-electron chi connectivity index (χ2n) is 20.7. The van der Waals surface area contributed by atoms with Gasteiger partial charge in [-0.25, -0.2) is 0 Å². The summed E-state index contributed by atoms with van der Waals surface area (Å²) in [5, 5.41) is 0. The summed E-state index contributed by atoms with van der Waals surface area (Å²) in [4.78, 5) is 4.64. The van der Waals surface area contributed by atoms with E-state index < -0.39 is 0 Å². The van der Waals surface area contributed by atoms with Gasteiger partial charge in [0.25, 0.3) is 0 Å². The van der Waals surface area contributed by atoms with E-state index in [1.165, 1.54) is 243 Å². The van der Waals surface area contributed by atoms with Gasteiger partial charge in [0, 0.05) is 69.8 Å². The molecule has 6 fully saturated rings. The molecule has 0 bridgehead atoms. The normalized spacial score (nSPS) is 22.4. The van der Waals surface area contributed by atoms with Crippen LogP contribution < -0.4 is 14.2 Å². The Morgan fingerprint density at radius 2 is 0.443 bits per heavy atom. The molecule has 9 rings (SSSR count). The summed E-state index contributed by atoms with van der Waals surface area (Å²) >= 11 is 0. The van der Waals surface area contributed by atoms with Crippen molar-refractivity contribution in [2.75, 3.05) is 21.3 Å². The Bertz CT molecular complexity index is 1540. The average Bonchev–Trinajstić information content (AvgIpc) is 3.34. The van der Waals surface area contributed by atoms with Gasteiger partial charge in [0.15, 0.2) is 14.7 Å². The first-order valence-corrected chi connectivity index (χ1v) is 27.3. The van der Waals surface area contributed by atoms with Crippen LogP contribution in [0.4, 0.5) is 0 Å². The highest BCUT2D eigenvalue weighted by atomic mass is 32.2. The zero-order valence-corrected chi connectivity index (χ0v) is 39.6. The van der Waals surface area contributed by atoms with E-state index >= 15 is 0 Å². The number of hydrogen-bond acceptors (Lipinski definition) is 3. The number of benzene rings is 3. The molecule has 0 unspecified atom stereocenters. The van der Waals surface area contributed by atoms with Crippen molar-refractivity contribution < 1.29 is 14.2 Å². The maximum Gasteiger partial charge on any atom is 0.167 e. The minimum Gasteiger partial charge on any atom is -0.496 e. The highest BCUT2D eigenvalue weighted by Crippen LogP contribution is 2.53. The summed E-state index contributed by atoms with van der Waals surface area (Å²) in [7, 11) is 5.66. The van der Waals surface area contributed by atoms with Crippen molar-refractivity contribution >= 4 is 10.9 Å². The Hall–Kier alpha value is -2.59. The molecule has 6 aliphatic rings. The van der Waals surface area contributed by atoms with Gasteiger partial charge < -0.3 is 14.2 Å². The van der Waals surface area contributed by atoms with Crippen molar-refractivity contribution in [2.24, 2.45) is 0 Å². The highest BCUT2D eigenvalue weighted by Gasteiger charge is 2.40. The molecule has 6 saturated carbocycles. The van der Waals surface area contributed by atoms with Gasteiger partial charge in [-0.15, -0.1) is 0 Å². The lowest BCUT2D eigenvalue weighted by Gasteiger charge is -2.31. The van der Waals surface area contributed by atoms with Gasteiger partial charge in [0.1, 0.15) is 17.2 Å². The van der Waals surface area contributed by atoms with Crippen LogP contribution in [0.2, 0.25) is 0 Å². The maximum absolute atomic E-state index is 6.65. The second-order valence-corrected chi connectivity index (χ2v) is 22.7. The molecule has 0 amide bonds. The maximum atomic E-state index is 6.65. The summed E-state index contributed by atoms with van der Waals surface area (Å²) in [5.74, 6) is 7.20. The van der Waals surface area contributed by atoms with E-state index in [4.69, 9.17) is 14.2 Å². The summed E-state index contributed by atoms with van der Waals surface area (Å²) in [6, 6.07) is 16.3. The van der Waals surface area contributed by atoms with Crippen LogP contribution in [0.1, 0.15) is 262 Å². The molecule has 0 heterocycles. The third kappa shape index (κ3) is 9.61. The summed E-state index contributed by atoms with van der Waals surface area (Å²) in [5.41, 5.74) is 9.17. The van der Waals surface area contributed by atoms with E-state index in [9.17, 15) is 0 Å². The smallest absolute Gasteiger partial charge is 0.167 e. The quantitative estimate of drug-likeness (QED) is 0.170. The molecule has 0 spiro atoms. The van der Waals surface area contributed by atoms with Crippen molar-refractivity contribution in [3.05, 3.63) is 69.8 Å². The van der Waals surface area contributed by atoms with E-state index in [0.717, 1.165) is 0 Å². The Labute approximate surface area is 374 Å². The van der Waals surface area contributed by atoms with Crippen LogP contribution >= 0.6 is 0 Å². The molecule has 3 nitrogen and oxygen atoms in total. The SMILES string of the molecule is COc1c(C2CCCCC2)cc([S+](c2cc(C3CCCCC3)c(OC)c(C3CCCCC3)c2)c2cc(C3CCCCC3)c(OC)c(C3CCCCC3)c2)cc1C1CCCCC1. The van der Waals surface area contributed by atoms with Crippen LogP contribution in [0.3, 0.4) is 0 Å². The van der Waals surface area contributed by atoms with Gasteiger partial charge in [-0.05, 0) is 113 Å². The molecule has 0 aliphatic heterocycles. The van der Waals surface area contributed by atoms with Crippen LogP contribution in [0, 0.1) is 0 Å². The van der Waals surface area contributed by atoms with Gasteiger partial charge in [0.05, 0.1) is 32.2 Å². The molecule has 0 atom stereocenters. The van der Waals surface area contributed by atoms with Gasteiger partial charge in [-0.1, -0.05) is 116 Å². The fourth-order valence-electron chi connectivity index (χ4n) is 13.7. The standard InChI is InChI=1S/C57H81O3S/c1-58-55-49(40-22-10-4-11-23-40)34-46(35-50(55)41-24-12-5-13-25-41)61(47-36-51(42-26-14-6-15-27-42)56(59-2)52(37-47)43-28-16-7-17-29-43)48-38-53(44-30-18-8-19-31-44)57(60-3)54(39-48)45-32-20-9-21-33-45/h34-45H,4-33H2,1-3H3/q+1. The predicted molar refractivity (Wildman–Crippen MR) is 256 cm³/mol. The fourth-order valence-corrected chi connectivity index (χ4v) is 16.0. The lowest BCUT2D eigenvalue weighted by atomic mass is 9.79. The minimum atomic E-state index is -0.300. The Morgan fingerprint density at radius 1 is 0.279 bits per heavy atom. The topological polar surface area (TPSA) is 27.7 Å². The largest absolute Gasteiger partial charge is 0.496 e. The van der Waals surface area contributed by atoms with E-state index in [-0.39, 0.29) is 10.9 Å². The summed E-state index contributed by atoms with van der Waals surface area (Å²) < 4.78 is 20.0. The van der Waals surface area contributed by atoms with Crippen LogP contribution in [0.25, 0.3) is 0 Å². The van der Waals surface area contributed by atoms with Gasteiger partial charge in [-0.2, -0.15) is 0 Å². The lowest BCUT2D eigenvalue weighted by Crippen LogP contribution is -2.17. The van der Waals surface area contributed by atoms with E-state index in [1.54, 1.807) is 14.7 Å². The Balaban J connectivity index is 1.33. The zero-order valence-electron chi connectivity index (χ0n) is 38.8. The van der Waals surface area contributed by atoms with E-state index in [0.29, 0.717) is 35.5 Å². The van der Waals surface area contributed by atoms with Crippen LogP contribution in [-0.2, 0) is 10.9 Å². The fraction of sp³-hybridized carbons (Fsp3) is 0.684. The van der Waals surface area contributed by atoms with Crippen molar-refractivity contribution in [2.45, 2.75) is 243 Å². The first-order chi connectivity index (χ1) is 30.1. The Morgan fingerprint density at radius 3 is 0.590 bits per heavy atom. The Kier molecular flexibility index (Phi) is 15.0. The van der Waals surface area contributed by atoms with Crippen LogP contribution in [-0.4, -0.2) is 21.3 Å². The van der Waals surface area contributed by atoms with Crippen molar-refractivity contribution in [1.29, 1.82) is 0 Å². The lowest BCUT2D eigenvalue weighted by molar-refractivity contribution is 0.367. The molecule has 332 valence electrons. The highest BCUT2D eigenvalue weighted by molar-refractivity contribution is 7.97. The van der Waals surface area contributed by atoms with Crippen molar-refractivity contribution in [1.82, 2.24) is 0 Å². The molecule has 4 heteroatoms. The predicted octanol–water partition coefficient (Wildman–Crippen LogP) is 17.1. The molecule has 3 aromatic carbocycles.